The molecule has 10 heteroatoms. The number of aromatic nitrogens is 3. The molecule has 4 aromatic rings. The van der Waals surface area contributed by atoms with Crippen molar-refractivity contribution < 1.29 is 14.3 Å². The highest BCUT2D eigenvalue weighted by molar-refractivity contribution is 6.14. The number of hydrogen-bond donors (Lipinski definition) is 2. The molecule has 0 fully saturated rings. The quantitative estimate of drug-likeness (QED) is 0.235. The Hall–Kier alpha value is -5.56. The minimum absolute atomic E-state index is 0.0489. The number of carbonyl (C=O) groups is 2. The molecule has 206 valence electrons. The van der Waals surface area contributed by atoms with Crippen LogP contribution in [0.25, 0.3) is 6.08 Å². The maximum atomic E-state index is 13.2. The minimum Gasteiger partial charge on any atom is -0.440 e. The van der Waals surface area contributed by atoms with Gasteiger partial charge in [0, 0.05) is 17.8 Å². The third kappa shape index (κ3) is 6.37. The van der Waals surface area contributed by atoms with Crippen molar-refractivity contribution in [2.75, 3.05) is 0 Å². The lowest BCUT2D eigenvalue weighted by Gasteiger charge is -2.19. The molecule has 0 bridgehead atoms. The van der Waals surface area contributed by atoms with Gasteiger partial charge < -0.3 is 10.5 Å². The second-order valence-corrected chi connectivity index (χ2v) is 9.65. The summed E-state index contributed by atoms with van der Waals surface area (Å²) in [5.41, 5.74) is 6.75. The van der Waals surface area contributed by atoms with Crippen molar-refractivity contribution in [2.45, 2.75) is 33.2 Å². The summed E-state index contributed by atoms with van der Waals surface area (Å²) in [4.78, 5) is 57.6. The average Bonchev–Trinajstić information content (AvgIpc) is 2.93. The van der Waals surface area contributed by atoms with Crippen molar-refractivity contribution >= 4 is 17.8 Å². The number of hydrogen-bond acceptors (Lipinski definition) is 7. The number of rotatable bonds is 9. The van der Waals surface area contributed by atoms with Crippen LogP contribution >= 0.6 is 0 Å². The van der Waals surface area contributed by atoms with Crippen LogP contribution in [0.1, 0.15) is 68.4 Å². The van der Waals surface area contributed by atoms with Gasteiger partial charge in [-0.2, -0.15) is 5.26 Å². The fourth-order valence-electron chi connectivity index (χ4n) is 4.42. The first-order chi connectivity index (χ1) is 19.6. The third-order valence-corrected chi connectivity index (χ3v) is 6.24. The number of allylic oxidation sites excluding steroid dienone is 1. The van der Waals surface area contributed by atoms with Crippen LogP contribution in [0.2, 0.25) is 0 Å². The van der Waals surface area contributed by atoms with Crippen LogP contribution in [-0.2, 0) is 6.54 Å². The third-order valence-electron chi connectivity index (χ3n) is 6.24. The van der Waals surface area contributed by atoms with Crippen LogP contribution in [0.4, 0.5) is 0 Å². The van der Waals surface area contributed by atoms with Crippen LogP contribution < -0.4 is 21.7 Å². The van der Waals surface area contributed by atoms with Gasteiger partial charge in [-0.05, 0) is 65.9 Å². The zero-order valence-electron chi connectivity index (χ0n) is 22.7. The Balaban J connectivity index is 1.79. The van der Waals surface area contributed by atoms with Gasteiger partial charge in [-0.1, -0.05) is 38.1 Å². The predicted molar refractivity (Wildman–Crippen MR) is 153 cm³/mol. The highest BCUT2D eigenvalue weighted by Crippen LogP contribution is 2.29. The van der Waals surface area contributed by atoms with Crippen LogP contribution in [0, 0.1) is 18.3 Å². The van der Waals surface area contributed by atoms with Crippen molar-refractivity contribution in [1.29, 1.82) is 5.26 Å². The zero-order chi connectivity index (χ0) is 29.7. The summed E-state index contributed by atoms with van der Waals surface area (Å²) >= 11 is 0. The van der Waals surface area contributed by atoms with Gasteiger partial charge in [0.15, 0.2) is 0 Å². The normalized spacial score (nSPS) is 11.0. The van der Waals surface area contributed by atoms with Crippen molar-refractivity contribution in [2.24, 2.45) is 5.73 Å². The van der Waals surface area contributed by atoms with E-state index in [1.54, 1.807) is 36.4 Å². The molecule has 2 aromatic heterocycles. The van der Waals surface area contributed by atoms with Gasteiger partial charge in [0.25, 0.3) is 5.56 Å². The number of carbonyl (C=O) groups excluding carboxylic acids is 2. The summed E-state index contributed by atoms with van der Waals surface area (Å²) in [6.45, 7) is 5.42. The molecule has 2 aromatic carbocycles. The summed E-state index contributed by atoms with van der Waals surface area (Å²) in [5.74, 6) is -1.12. The topological polar surface area (TPSA) is 161 Å². The monoisotopic (exact) mass is 549 g/mol. The highest BCUT2D eigenvalue weighted by atomic mass is 16.5. The van der Waals surface area contributed by atoms with E-state index in [4.69, 9.17) is 15.7 Å². The number of ether oxygens (including phenoxy) is 1. The second-order valence-electron chi connectivity index (χ2n) is 9.65. The van der Waals surface area contributed by atoms with Gasteiger partial charge >= 0.3 is 5.69 Å². The molecule has 3 N–H and O–H groups in total. The molecule has 0 atom stereocenters. The van der Waals surface area contributed by atoms with Crippen LogP contribution in [0.15, 0.2) is 76.5 Å². The number of primary amides is 1. The van der Waals surface area contributed by atoms with E-state index < -0.39 is 22.9 Å². The molecule has 0 aliphatic heterocycles. The summed E-state index contributed by atoms with van der Waals surface area (Å²) in [6, 6.07) is 16.6. The summed E-state index contributed by atoms with van der Waals surface area (Å²) in [7, 11) is 0. The largest absolute Gasteiger partial charge is 0.440 e. The number of nitrogens with one attached hydrogen (secondary N) is 1. The molecule has 0 saturated heterocycles. The molecule has 0 saturated carbocycles. The van der Waals surface area contributed by atoms with Gasteiger partial charge in [0.1, 0.15) is 11.4 Å². The molecule has 2 heterocycles. The maximum absolute atomic E-state index is 13.2. The number of ketones is 1. The number of H-pyrrole nitrogens is 1. The van der Waals surface area contributed by atoms with Crippen molar-refractivity contribution in [1.82, 2.24) is 14.5 Å². The second kappa shape index (κ2) is 12.1. The van der Waals surface area contributed by atoms with E-state index in [1.165, 1.54) is 35.0 Å². The van der Waals surface area contributed by atoms with E-state index in [1.807, 2.05) is 32.9 Å². The van der Waals surface area contributed by atoms with Gasteiger partial charge in [0.2, 0.25) is 17.6 Å². The van der Waals surface area contributed by atoms with Gasteiger partial charge in [-0.25, -0.2) is 4.79 Å². The summed E-state index contributed by atoms with van der Waals surface area (Å²) < 4.78 is 7.50. The standard InChI is InChI=1S/C31H27N5O5/c1-18(2)26-29(39)35-31(40)36(30(26)41-22-14-19(3)13-20(15-22)7-6-11-32)17-21-10-12-34-25(16-21)27(37)23-8-4-5-9-24(23)28(33)38/h4-10,12-16,18H,17H2,1-3H3,(H2,33,38)(H,35,39,40)/b7-6+. The molecular weight excluding hydrogens is 522 g/mol. The van der Waals surface area contributed by atoms with E-state index in [9.17, 15) is 19.2 Å². The molecular formula is C31H27N5O5. The number of benzene rings is 2. The molecule has 0 aliphatic carbocycles. The zero-order valence-corrected chi connectivity index (χ0v) is 22.7. The fourth-order valence-corrected chi connectivity index (χ4v) is 4.42. The smallest absolute Gasteiger partial charge is 0.331 e. The first-order valence-electron chi connectivity index (χ1n) is 12.7. The Morgan fingerprint density at radius 2 is 1.85 bits per heavy atom. The highest BCUT2D eigenvalue weighted by Gasteiger charge is 2.22. The molecule has 10 nitrogen and oxygen atoms in total. The SMILES string of the molecule is Cc1cc(/C=C/C#N)cc(Oc2c(C(C)C)c(=O)[nH]c(=O)n2Cc2ccnc(C(=O)c3ccccc3C(N)=O)c2)c1. The van der Waals surface area contributed by atoms with Crippen molar-refractivity contribution in [3.05, 3.63) is 127 Å². The van der Waals surface area contributed by atoms with Gasteiger partial charge in [-0.15, -0.1) is 0 Å². The Morgan fingerprint density at radius 1 is 1.12 bits per heavy atom. The number of nitrogens with two attached hydrogens (primary N) is 1. The summed E-state index contributed by atoms with van der Waals surface area (Å²) in [6.07, 6.45) is 4.38. The fraction of sp³-hybridized carbons (Fsp3) is 0.161. The molecule has 0 unspecified atom stereocenters. The van der Waals surface area contributed by atoms with Crippen molar-refractivity contribution in [3.63, 3.8) is 0 Å². The van der Waals surface area contributed by atoms with E-state index in [2.05, 4.69) is 9.97 Å². The van der Waals surface area contributed by atoms with E-state index in [-0.39, 0.29) is 40.7 Å². The van der Waals surface area contributed by atoms with Crippen molar-refractivity contribution in [3.8, 4) is 17.7 Å². The van der Waals surface area contributed by atoms with E-state index in [0.29, 0.717) is 16.9 Å². The number of pyridine rings is 1. The lowest BCUT2D eigenvalue weighted by atomic mass is 10.00. The molecule has 4 rings (SSSR count). The Morgan fingerprint density at radius 3 is 2.54 bits per heavy atom. The van der Waals surface area contributed by atoms with E-state index in [0.717, 1.165) is 5.56 Å². The maximum Gasteiger partial charge on any atom is 0.331 e. The molecule has 0 aliphatic rings. The van der Waals surface area contributed by atoms with Gasteiger partial charge in [-0.3, -0.25) is 28.9 Å². The lowest BCUT2D eigenvalue weighted by Crippen LogP contribution is -2.34. The first-order valence-corrected chi connectivity index (χ1v) is 12.7. The summed E-state index contributed by atoms with van der Waals surface area (Å²) in [5, 5.41) is 8.90. The number of nitrogens with zero attached hydrogens (tertiary/aromatic N) is 3. The van der Waals surface area contributed by atoms with E-state index >= 15 is 0 Å². The Labute approximate surface area is 235 Å². The number of nitriles is 1. The molecule has 41 heavy (non-hydrogen) atoms. The Bertz CT molecular complexity index is 1840. The molecule has 0 spiro atoms. The predicted octanol–water partition coefficient (Wildman–Crippen LogP) is 4.07. The van der Waals surface area contributed by atoms with Crippen LogP contribution in [-0.4, -0.2) is 26.2 Å². The minimum atomic E-state index is -0.740. The number of aromatic amines is 1. The lowest BCUT2D eigenvalue weighted by molar-refractivity contribution is 0.0980. The van der Waals surface area contributed by atoms with Crippen LogP contribution in [0.5, 0.6) is 11.6 Å². The van der Waals surface area contributed by atoms with Gasteiger partial charge in [0.05, 0.1) is 23.7 Å². The number of amides is 1. The molecule has 0 radical (unpaired) electrons. The van der Waals surface area contributed by atoms with Crippen LogP contribution in [0.3, 0.4) is 0 Å². The first kappa shape index (κ1) is 28.4. The average molecular weight is 550 g/mol. The number of aryl methyl sites for hydroxylation is 1. The Kier molecular flexibility index (Phi) is 8.39. The molecule has 1 amide bonds.